The topological polar surface area (TPSA) is 51.1 Å². The number of amides is 1. The van der Waals surface area contributed by atoms with E-state index in [1.807, 2.05) is 24.3 Å². The Morgan fingerprint density at radius 2 is 2.06 bits per heavy atom. The SMILES string of the molecule is COc1ccc(C2=NN(C)C(=O)CO2)cc1. The second-order valence-corrected chi connectivity index (χ2v) is 3.34. The third-order valence-electron chi connectivity index (χ3n) is 2.27. The molecule has 1 aliphatic rings. The normalized spacial score (nSPS) is 15.5. The molecule has 0 saturated carbocycles. The third kappa shape index (κ3) is 1.98. The summed E-state index contributed by atoms with van der Waals surface area (Å²) >= 11 is 0. The van der Waals surface area contributed by atoms with Crippen LogP contribution in [-0.2, 0) is 9.53 Å². The first-order valence-electron chi connectivity index (χ1n) is 4.83. The Kier molecular flexibility index (Phi) is 2.76. The standard InChI is InChI=1S/C11H12N2O3/c1-13-10(14)7-16-11(12-13)8-3-5-9(15-2)6-4-8/h3-6H,7H2,1-2H3. The van der Waals surface area contributed by atoms with Gasteiger partial charge in [0.25, 0.3) is 5.91 Å². The van der Waals surface area contributed by atoms with Crippen LogP contribution in [0, 0.1) is 0 Å². The molecule has 0 atom stereocenters. The number of rotatable bonds is 2. The second kappa shape index (κ2) is 4.22. The average molecular weight is 220 g/mol. The van der Waals surface area contributed by atoms with Crippen LogP contribution in [0.5, 0.6) is 5.75 Å². The fourth-order valence-corrected chi connectivity index (χ4v) is 1.32. The molecule has 1 aliphatic heterocycles. The van der Waals surface area contributed by atoms with Gasteiger partial charge in [0.2, 0.25) is 5.90 Å². The number of benzene rings is 1. The molecule has 0 unspecified atom stereocenters. The van der Waals surface area contributed by atoms with Gasteiger partial charge in [0.1, 0.15) is 5.75 Å². The highest BCUT2D eigenvalue weighted by molar-refractivity contribution is 5.97. The molecule has 0 fully saturated rings. The summed E-state index contributed by atoms with van der Waals surface area (Å²) in [4.78, 5) is 11.1. The minimum Gasteiger partial charge on any atom is -0.497 e. The van der Waals surface area contributed by atoms with Crippen LogP contribution in [0.15, 0.2) is 29.4 Å². The molecule has 1 heterocycles. The summed E-state index contributed by atoms with van der Waals surface area (Å²) in [5, 5.41) is 5.31. The maximum absolute atomic E-state index is 11.1. The molecule has 5 heteroatoms. The number of carbonyl (C=O) groups is 1. The van der Waals surface area contributed by atoms with Crippen LogP contribution in [0.3, 0.4) is 0 Å². The van der Waals surface area contributed by atoms with Crippen LogP contribution < -0.4 is 4.74 Å². The fourth-order valence-electron chi connectivity index (χ4n) is 1.32. The van der Waals surface area contributed by atoms with Crippen molar-refractivity contribution in [1.82, 2.24) is 5.01 Å². The van der Waals surface area contributed by atoms with Gasteiger partial charge in [-0.05, 0) is 24.3 Å². The van der Waals surface area contributed by atoms with E-state index in [0.29, 0.717) is 5.90 Å². The van der Waals surface area contributed by atoms with Crippen molar-refractivity contribution in [2.24, 2.45) is 5.10 Å². The van der Waals surface area contributed by atoms with Gasteiger partial charge in [-0.15, -0.1) is 5.10 Å². The zero-order valence-corrected chi connectivity index (χ0v) is 9.14. The van der Waals surface area contributed by atoms with Gasteiger partial charge in [0.15, 0.2) is 6.61 Å². The lowest BCUT2D eigenvalue weighted by atomic mass is 10.2. The van der Waals surface area contributed by atoms with Gasteiger partial charge in [0.05, 0.1) is 7.11 Å². The molecule has 1 aromatic rings. The Labute approximate surface area is 93.3 Å². The molecule has 0 aliphatic carbocycles. The first-order chi connectivity index (χ1) is 7.70. The third-order valence-corrected chi connectivity index (χ3v) is 2.27. The minimum atomic E-state index is -0.155. The lowest BCUT2D eigenvalue weighted by Gasteiger charge is -2.20. The molecule has 0 saturated heterocycles. The molecule has 0 aromatic heterocycles. The van der Waals surface area contributed by atoms with Crippen LogP contribution in [-0.4, -0.2) is 37.6 Å². The van der Waals surface area contributed by atoms with Crippen molar-refractivity contribution >= 4 is 11.8 Å². The van der Waals surface area contributed by atoms with Crippen LogP contribution in [0.1, 0.15) is 5.56 Å². The van der Waals surface area contributed by atoms with Crippen molar-refractivity contribution in [3.63, 3.8) is 0 Å². The predicted molar refractivity (Wildman–Crippen MR) is 58.3 cm³/mol. The number of hydrazone groups is 1. The van der Waals surface area contributed by atoms with Crippen molar-refractivity contribution in [1.29, 1.82) is 0 Å². The van der Waals surface area contributed by atoms with E-state index in [1.165, 1.54) is 5.01 Å². The number of likely N-dealkylation sites (N-methyl/N-ethyl adjacent to an activating group) is 1. The Balaban J connectivity index is 2.24. The summed E-state index contributed by atoms with van der Waals surface area (Å²) < 4.78 is 10.3. The molecule has 1 amide bonds. The summed E-state index contributed by atoms with van der Waals surface area (Å²) in [5.41, 5.74) is 0.820. The van der Waals surface area contributed by atoms with Crippen LogP contribution >= 0.6 is 0 Å². The van der Waals surface area contributed by atoms with Gasteiger partial charge < -0.3 is 9.47 Å². The van der Waals surface area contributed by atoms with Crippen molar-refractivity contribution in [2.45, 2.75) is 0 Å². The monoisotopic (exact) mass is 220 g/mol. The second-order valence-electron chi connectivity index (χ2n) is 3.34. The molecule has 5 nitrogen and oxygen atoms in total. The highest BCUT2D eigenvalue weighted by Crippen LogP contribution is 2.14. The number of ether oxygens (including phenoxy) is 2. The Morgan fingerprint density at radius 1 is 1.38 bits per heavy atom. The van der Waals surface area contributed by atoms with E-state index in [0.717, 1.165) is 11.3 Å². The molecule has 0 radical (unpaired) electrons. The van der Waals surface area contributed by atoms with E-state index in [1.54, 1.807) is 14.2 Å². The van der Waals surface area contributed by atoms with Gasteiger partial charge in [-0.2, -0.15) is 0 Å². The van der Waals surface area contributed by atoms with E-state index < -0.39 is 0 Å². The summed E-state index contributed by atoms with van der Waals surface area (Å²) in [5.74, 6) is 1.06. The van der Waals surface area contributed by atoms with Crippen molar-refractivity contribution < 1.29 is 14.3 Å². The first kappa shape index (κ1) is 10.5. The molecular formula is C11H12N2O3. The fraction of sp³-hybridized carbons (Fsp3) is 0.273. The van der Waals surface area contributed by atoms with Gasteiger partial charge in [-0.25, -0.2) is 5.01 Å². The number of methoxy groups -OCH3 is 1. The Morgan fingerprint density at radius 3 is 2.62 bits per heavy atom. The molecular weight excluding hydrogens is 208 g/mol. The summed E-state index contributed by atoms with van der Waals surface area (Å²) in [6.07, 6.45) is 0. The highest BCUT2D eigenvalue weighted by atomic mass is 16.5. The largest absolute Gasteiger partial charge is 0.497 e. The van der Waals surface area contributed by atoms with Gasteiger partial charge in [-0.1, -0.05) is 0 Å². The smallest absolute Gasteiger partial charge is 0.280 e. The zero-order valence-electron chi connectivity index (χ0n) is 9.14. The van der Waals surface area contributed by atoms with E-state index in [4.69, 9.17) is 9.47 Å². The molecule has 16 heavy (non-hydrogen) atoms. The number of nitrogens with zero attached hydrogens (tertiary/aromatic N) is 2. The first-order valence-corrected chi connectivity index (χ1v) is 4.83. The predicted octanol–water partition coefficient (Wildman–Crippen LogP) is 0.845. The molecule has 0 N–H and O–H groups in total. The summed E-state index contributed by atoms with van der Waals surface area (Å²) in [6.45, 7) is 0.0291. The summed E-state index contributed by atoms with van der Waals surface area (Å²) in [6, 6.07) is 7.30. The minimum absolute atomic E-state index is 0.0291. The van der Waals surface area contributed by atoms with Crippen molar-refractivity contribution in [3.05, 3.63) is 29.8 Å². The van der Waals surface area contributed by atoms with E-state index in [2.05, 4.69) is 5.10 Å². The lowest BCUT2D eigenvalue weighted by molar-refractivity contribution is -0.134. The molecule has 84 valence electrons. The van der Waals surface area contributed by atoms with Crippen LogP contribution in [0.4, 0.5) is 0 Å². The molecule has 0 spiro atoms. The van der Waals surface area contributed by atoms with Crippen molar-refractivity contribution in [2.75, 3.05) is 20.8 Å². The maximum atomic E-state index is 11.1. The average Bonchev–Trinajstić information content (AvgIpc) is 2.33. The number of hydrogen-bond donors (Lipinski definition) is 0. The Hall–Kier alpha value is -2.04. The van der Waals surface area contributed by atoms with Gasteiger partial charge in [0, 0.05) is 12.6 Å². The number of carbonyl (C=O) groups excluding carboxylic acids is 1. The highest BCUT2D eigenvalue weighted by Gasteiger charge is 2.18. The van der Waals surface area contributed by atoms with E-state index in [-0.39, 0.29) is 12.5 Å². The lowest BCUT2D eigenvalue weighted by Crippen LogP contribution is -2.33. The molecule has 0 bridgehead atoms. The summed E-state index contributed by atoms with van der Waals surface area (Å²) in [7, 11) is 3.21. The van der Waals surface area contributed by atoms with Crippen molar-refractivity contribution in [3.8, 4) is 5.75 Å². The number of hydrogen-bond acceptors (Lipinski definition) is 4. The zero-order chi connectivity index (χ0) is 11.5. The van der Waals surface area contributed by atoms with Gasteiger partial charge >= 0.3 is 0 Å². The van der Waals surface area contributed by atoms with Crippen LogP contribution in [0.2, 0.25) is 0 Å². The quantitative estimate of drug-likeness (QED) is 0.742. The Bertz CT molecular complexity index is 425. The van der Waals surface area contributed by atoms with Gasteiger partial charge in [-0.3, -0.25) is 4.79 Å². The van der Waals surface area contributed by atoms with E-state index in [9.17, 15) is 4.79 Å². The molecule has 1 aromatic carbocycles. The van der Waals surface area contributed by atoms with Crippen LogP contribution in [0.25, 0.3) is 0 Å². The maximum Gasteiger partial charge on any atom is 0.280 e. The van der Waals surface area contributed by atoms with E-state index >= 15 is 0 Å². The molecule has 2 rings (SSSR count).